The molecule has 2 bridgehead atoms. The van der Waals surface area contributed by atoms with Crippen molar-refractivity contribution in [2.75, 3.05) is 19.7 Å². The molecule has 3 heterocycles. The third kappa shape index (κ3) is 3.82. The van der Waals surface area contributed by atoms with Crippen molar-refractivity contribution in [2.24, 2.45) is 5.73 Å². The predicted octanol–water partition coefficient (Wildman–Crippen LogP) is 0.103. The topological polar surface area (TPSA) is 151 Å². The van der Waals surface area contributed by atoms with E-state index in [1.54, 1.807) is 11.4 Å². The Labute approximate surface area is 153 Å². The van der Waals surface area contributed by atoms with Crippen LogP contribution in [0.25, 0.3) is 0 Å². The molecule has 0 radical (unpaired) electrons. The molecule has 1 aromatic rings. The Morgan fingerprint density at radius 2 is 2.27 bits per heavy atom. The lowest BCUT2D eigenvalue weighted by atomic mass is 9.97. The molecule has 1 saturated heterocycles. The van der Waals surface area contributed by atoms with Gasteiger partial charge in [0.25, 0.3) is 0 Å². The summed E-state index contributed by atoms with van der Waals surface area (Å²) < 4.78 is 35.4. The van der Waals surface area contributed by atoms with E-state index < -0.39 is 34.4 Å². The summed E-state index contributed by atoms with van der Waals surface area (Å²) in [4.78, 5) is 31.7. The van der Waals surface area contributed by atoms with E-state index in [4.69, 9.17) is 15.1 Å². The number of fused-ring (bicyclic) bond motifs is 4. The van der Waals surface area contributed by atoms with E-state index in [-0.39, 0.29) is 19.6 Å². The minimum absolute atomic E-state index is 0.0612. The van der Waals surface area contributed by atoms with Crippen LogP contribution in [0.4, 0.5) is 4.79 Å². The summed E-state index contributed by atoms with van der Waals surface area (Å²) >= 11 is 1.35. The molecule has 0 spiro atoms. The fourth-order valence-corrected chi connectivity index (χ4v) is 4.43. The average molecular weight is 406 g/mol. The van der Waals surface area contributed by atoms with Crippen LogP contribution in [0.15, 0.2) is 11.4 Å². The van der Waals surface area contributed by atoms with E-state index >= 15 is 0 Å². The van der Waals surface area contributed by atoms with Crippen LogP contribution >= 0.6 is 11.3 Å². The number of thiophene rings is 1. The van der Waals surface area contributed by atoms with Gasteiger partial charge in [0.05, 0.1) is 25.6 Å². The van der Waals surface area contributed by atoms with Gasteiger partial charge in [-0.15, -0.1) is 15.6 Å². The third-order valence-corrected chi connectivity index (χ3v) is 5.42. The summed E-state index contributed by atoms with van der Waals surface area (Å²) in [6.07, 6.45) is 0.529. The first-order valence-electron chi connectivity index (χ1n) is 7.76. The Morgan fingerprint density at radius 1 is 1.50 bits per heavy atom. The van der Waals surface area contributed by atoms with Crippen molar-refractivity contribution >= 4 is 33.7 Å². The summed E-state index contributed by atoms with van der Waals surface area (Å²) in [7, 11) is -4.85. The second-order valence-electron chi connectivity index (χ2n) is 5.75. The maximum atomic E-state index is 12.5. The molecule has 11 nitrogen and oxygen atoms in total. The molecule has 13 heteroatoms. The largest absolute Gasteiger partial charge is 0.418 e. The standard InChI is InChI=1S/C13H18N4O7S2/c14-3-1-4-23-15-11(18)6-9-12-8(2-5-25-12)10-7-16(9)13(19)17(10)24-26(20,21)22/h2,5,9-10H,1,3-4,6-7,14H2,(H,15,18)(H,20,21,22). The number of urea groups is 1. The fraction of sp³-hybridized carbons (Fsp3) is 0.538. The molecule has 2 atom stereocenters. The Kier molecular flexibility index (Phi) is 5.45. The van der Waals surface area contributed by atoms with Crippen molar-refractivity contribution in [3.8, 4) is 0 Å². The van der Waals surface area contributed by atoms with Gasteiger partial charge in [0.2, 0.25) is 5.91 Å². The number of nitrogens with zero attached hydrogens (tertiary/aromatic N) is 2. The first-order chi connectivity index (χ1) is 12.3. The molecule has 0 aliphatic carbocycles. The van der Waals surface area contributed by atoms with Crippen molar-refractivity contribution in [2.45, 2.75) is 24.9 Å². The van der Waals surface area contributed by atoms with E-state index in [9.17, 15) is 18.0 Å². The molecule has 2 aliphatic rings. The molecule has 2 aliphatic heterocycles. The molecule has 1 fully saturated rings. The van der Waals surface area contributed by atoms with E-state index in [1.807, 2.05) is 0 Å². The van der Waals surface area contributed by atoms with Crippen LogP contribution in [0.1, 0.15) is 35.4 Å². The normalized spacial score (nSPS) is 21.8. The molecule has 2 unspecified atom stereocenters. The second kappa shape index (κ2) is 7.46. The SMILES string of the molecule is NCCCONC(=O)CC1c2sccc2C2CN1C(=O)N2OS(=O)(=O)O. The van der Waals surface area contributed by atoms with Crippen LogP contribution in [-0.4, -0.2) is 54.6 Å². The summed E-state index contributed by atoms with van der Waals surface area (Å²) in [5.41, 5.74) is 8.32. The van der Waals surface area contributed by atoms with Crippen LogP contribution in [0.5, 0.6) is 0 Å². The van der Waals surface area contributed by atoms with Crippen molar-refractivity contribution < 1.29 is 31.7 Å². The number of hydrogen-bond acceptors (Lipinski definition) is 8. The number of rotatable bonds is 8. The van der Waals surface area contributed by atoms with E-state index in [1.165, 1.54) is 16.2 Å². The summed E-state index contributed by atoms with van der Waals surface area (Å²) in [6, 6.07) is -0.255. The predicted molar refractivity (Wildman–Crippen MR) is 88.8 cm³/mol. The van der Waals surface area contributed by atoms with E-state index in [0.717, 1.165) is 4.88 Å². The van der Waals surface area contributed by atoms with Gasteiger partial charge in [-0.3, -0.25) is 14.2 Å². The Bertz CT molecular complexity index is 796. The van der Waals surface area contributed by atoms with Crippen LogP contribution in [-0.2, 0) is 24.3 Å². The van der Waals surface area contributed by atoms with Crippen LogP contribution in [0, 0.1) is 0 Å². The van der Waals surface area contributed by atoms with Gasteiger partial charge in [-0.25, -0.2) is 10.3 Å². The minimum atomic E-state index is -4.85. The van der Waals surface area contributed by atoms with E-state index in [2.05, 4.69) is 9.76 Å². The van der Waals surface area contributed by atoms with Crippen molar-refractivity contribution in [3.63, 3.8) is 0 Å². The average Bonchev–Trinajstić information content (AvgIpc) is 3.14. The Balaban J connectivity index is 1.75. The lowest BCUT2D eigenvalue weighted by Gasteiger charge is -2.30. The van der Waals surface area contributed by atoms with Gasteiger partial charge in [-0.05, 0) is 30.0 Å². The number of amides is 3. The molecule has 1 aromatic heterocycles. The first-order valence-corrected chi connectivity index (χ1v) is 10.0. The van der Waals surface area contributed by atoms with Gasteiger partial charge in [-0.2, -0.15) is 13.5 Å². The molecule has 3 amide bonds. The number of nitrogens with two attached hydrogens (primary N) is 1. The molecule has 0 saturated carbocycles. The first kappa shape index (κ1) is 19.0. The van der Waals surface area contributed by atoms with Gasteiger partial charge >= 0.3 is 16.4 Å². The third-order valence-electron chi connectivity index (χ3n) is 4.04. The zero-order chi connectivity index (χ0) is 18.9. The number of nitrogens with one attached hydrogen (secondary N) is 1. The van der Waals surface area contributed by atoms with E-state index in [0.29, 0.717) is 23.6 Å². The Morgan fingerprint density at radius 3 is 2.96 bits per heavy atom. The van der Waals surface area contributed by atoms with Gasteiger partial charge < -0.3 is 10.6 Å². The highest BCUT2D eigenvalue weighted by molar-refractivity contribution is 7.80. The minimum Gasteiger partial charge on any atom is -0.330 e. The van der Waals surface area contributed by atoms with Gasteiger partial charge in [0.15, 0.2) is 0 Å². The van der Waals surface area contributed by atoms with Crippen LogP contribution in [0.2, 0.25) is 0 Å². The quantitative estimate of drug-likeness (QED) is 0.312. The highest BCUT2D eigenvalue weighted by Gasteiger charge is 2.51. The maximum absolute atomic E-state index is 12.5. The molecule has 0 aromatic carbocycles. The number of hydroxylamine groups is 3. The highest BCUT2D eigenvalue weighted by atomic mass is 32.3. The fourth-order valence-electron chi connectivity index (χ4n) is 2.99. The lowest BCUT2D eigenvalue weighted by molar-refractivity contribution is -0.134. The smallest absolute Gasteiger partial charge is 0.330 e. The van der Waals surface area contributed by atoms with Crippen LogP contribution in [0.3, 0.4) is 0 Å². The molecule has 144 valence electrons. The second-order valence-corrected chi connectivity index (χ2v) is 7.71. The highest BCUT2D eigenvalue weighted by Crippen LogP contribution is 2.47. The summed E-state index contributed by atoms with van der Waals surface area (Å²) in [5, 5.41) is 2.40. The molecule has 4 N–H and O–H groups in total. The van der Waals surface area contributed by atoms with Crippen LogP contribution < -0.4 is 11.2 Å². The monoisotopic (exact) mass is 406 g/mol. The molecule has 3 rings (SSSR count). The Hall–Kier alpha value is -1.77. The summed E-state index contributed by atoms with van der Waals surface area (Å²) in [5.74, 6) is -0.424. The maximum Gasteiger partial charge on any atom is 0.418 e. The number of carbonyl (C=O) groups is 2. The van der Waals surface area contributed by atoms with Crippen molar-refractivity contribution in [3.05, 3.63) is 21.9 Å². The van der Waals surface area contributed by atoms with Gasteiger partial charge in [-0.1, -0.05) is 0 Å². The van der Waals surface area contributed by atoms with Gasteiger partial charge in [0.1, 0.15) is 6.04 Å². The summed E-state index contributed by atoms with van der Waals surface area (Å²) in [6.45, 7) is 0.853. The zero-order valence-electron chi connectivity index (χ0n) is 13.5. The van der Waals surface area contributed by atoms with Crippen molar-refractivity contribution in [1.29, 1.82) is 0 Å². The molecule has 26 heavy (non-hydrogen) atoms. The molecular formula is C13H18N4O7S2. The number of carbonyl (C=O) groups excluding carboxylic acids is 2. The molecular weight excluding hydrogens is 388 g/mol. The van der Waals surface area contributed by atoms with Crippen molar-refractivity contribution in [1.82, 2.24) is 15.4 Å². The zero-order valence-corrected chi connectivity index (χ0v) is 15.2. The van der Waals surface area contributed by atoms with Gasteiger partial charge in [0, 0.05) is 4.88 Å². The lowest BCUT2D eigenvalue weighted by Crippen LogP contribution is -2.37. The number of hydrogen-bond donors (Lipinski definition) is 3.